The Bertz CT molecular complexity index is 1610. The van der Waals surface area contributed by atoms with Crippen LogP contribution in [0.1, 0.15) is 44.2 Å². The molecule has 0 bridgehead atoms. The summed E-state index contributed by atoms with van der Waals surface area (Å²) in [5.74, 6) is -0.672. The smallest absolute Gasteiger partial charge is 0.306 e. The lowest BCUT2D eigenvalue weighted by Gasteiger charge is -2.13. The fourth-order valence-corrected chi connectivity index (χ4v) is 4.29. The lowest BCUT2D eigenvalue weighted by molar-refractivity contribution is -0.141. The molecule has 1 atom stereocenters. The summed E-state index contributed by atoms with van der Waals surface area (Å²) in [4.78, 5) is 24.6. The zero-order valence-corrected chi connectivity index (χ0v) is 22.1. The Balaban J connectivity index is 1.55. The van der Waals surface area contributed by atoms with Crippen molar-refractivity contribution in [1.82, 2.24) is 19.5 Å². The summed E-state index contributed by atoms with van der Waals surface area (Å²) >= 11 is 6.68. The summed E-state index contributed by atoms with van der Waals surface area (Å²) in [6.07, 6.45) is 3.52. The summed E-state index contributed by atoms with van der Waals surface area (Å²) in [5, 5.41) is 18.7. The Kier molecular flexibility index (Phi) is 7.10. The zero-order chi connectivity index (χ0) is 27.7. The van der Waals surface area contributed by atoms with Crippen molar-refractivity contribution in [3.8, 4) is 29.1 Å². The number of hydrogen-bond acceptors (Lipinski definition) is 7. The highest BCUT2D eigenvalue weighted by Crippen LogP contribution is 2.41. The highest BCUT2D eigenvalue weighted by atomic mass is 35.5. The van der Waals surface area contributed by atoms with E-state index in [9.17, 15) is 14.4 Å². The molecule has 1 saturated carbocycles. The number of nitriles is 1. The minimum absolute atomic E-state index is 0.0303. The van der Waals surface area contributed by atoms with Crippen molar-refractivity contribution in [2.24, 2.45) is 5.92 Å². The first kappa shape index (κ1) is 26.4. The number of aromatic nitrogens is 4. The third-order valence-electron chi connectivity index (χ3n) is 6.72. The Labute approximate surface area is 228 Å². The fraction of sp³-hybridized carbons (Fsp3) is 0.321. The Morgan fingerprint density at radius 2 is 2.08 bits per heavy atom. The molecule has 2 aromatic carbocycles. The van der Waals surface area contributed by atoms with E-state index in [1.54, 1.807) is 29.7 Å². The molecule has 200 valence electrons. The van der Waals surface area contributed by atoms with Crippen molar-refractivity contribution < 1.29 is 23.8 Å². The molecule has 1 aliphatic carbocycles. The molecule has 0 radical (unpaired) electrons. The van der Waals surface area contributed by atoms with Crippen molar-refractivity contribution in [2.45, 2.75) is 45.3 Å². The maximum atomic E-state index is 14.8. The summed E-state index contributed by atoms with van der Waals surface area (Å²) < 4.78 is 28.4. The van der Waals surface area contributed by atoms with Crippen molar-refractivity contribution >= 4 is 28.7 Å². The second kappa shape index (κ2) is 10.5. The van der Waals surface area contributed by atoms with Gasteiger partial charge in [-0.2, -0.15) is 10.2 Å². The van der Waals surface area contributed by atoms with Gasteiger partial charge >= 0.3 is 5.97 Å². The van der Waals surface area contributed by atoms with Crippen LogP contribution in [0.25, 0.3) is 22.6 Å². The number of carbonyl (C=O) groups is 1. The van der Waals surface area contributed by atoms with Crippen LogP contribution in [0.4, 0.5) is 4.39 Å². The van der Waals surface area contributed by atoms with Crippen LogP contribution in [0.15, 0.2) is 42.7 Å². The average Bonchev–Trinajstić information content (AvgIpc) is 3.52. The number of imidazole rings is 1. The van der Waals surface area contributed by atoms with Crippen LogP contribution in [-0.2, 0) is 11.3 Å². The summed E-state index contributed by atoms with van der Waals surface area (Å²) in [7, 11) is 0. The largest absolute Gasteiger partial charge is 0.494 e. The summed E-state index contributed by atoms with van der Waals surface area (Å²) in [5.41, 5.74) is 1.69. The number of carboxylic acid groups (broad SMARTS) is 1. The number of halogens is 2. The molecule has 0 amide bonds. The predicted molar refractivity (Wildman–Crippen MR) is 141 cm³/mol. The first-order chi connectivity index (χ1) is 18.7. The Hall–Kier alpha value is -4.23. The van der Waals surface area contributed by atoms with Gasteiger partial charge in [0.25, 0.3) is 0 Å². The monoisotopic (exact) mass is 549 g/mol. The van der Waals surface area contributed by atoms with Gasteiger partial charge in [-0.1, -0.05) is 18.5 Å². The van der Waals surface area contributed by atoms with E-state index in [2.05, 4.69) is 9.97 Å². The van der Waals surface area contributed by atoms with Crippen molar-refractivity contribution in [1.29, 1.82) is 5.26 Å². The molecule has 11 heteroatoms. The van der Waals surface area contributed by atoms with Gasteiger partial charge in [0.05, 0.1) is 35.7 Å². The molecule has 5 rings (SSSR count). The first-order valence-corrected chi connectivity index (χ1v) is 12.8. The van der Waals surface area contributed by atoms with E-state index in [1.165, 1.54) is 24.5 Å². The number of fused-ring (bicyclic) bond motifs is 1. The standard InChI is InChI=1S/C28H25ClFN5O4/c1-16(27(36)37)7-10-38-19-4-5-20(21(29)12-19)24-34-23-25(32-15-33-26(23)39-28(2)8-9-28)35(24)14-18-11-17(13-31)3-6-22(18)30/h3-6,11-12,15-16H,7-10,14H2,1-2H3,(H,36,37). The third-order valence-corrected chi connectivity index (χ3v) is 7.03. The third kappa shape index (κ3) is 5.64. The topological polar surface area (TPSA) is 123 Å². The van der Waals surface area contributed by atoms with Gasteiger partial charge in [0.2, 0.25) is 5.88 Å². The Morgan fingerprint density at radius 3 is 2.77 bits per heavy atom. The van der Waals surface area contributed by atoms with Gasteiger partial charge in [-0.05, 0) is 62.6 Å². The van der Waals surface area contributed by atoms with Crippen molar-refractivity contribution in [3.63, 3.8) is 0 Å². The van der Waals surface area contributed by atoms with E-state index in [4.69, 9.17) is 31.2 Å². The molecule has 9 nitrogen and oxygen atoms in total. The maximum Gasteiger partial charge on any atom is 0.306 e. The number of hydrogen-bond donors (Lipinski definition) is 1. The minimum atomic E-state index is -0.884. The normalized spacial score (nSPS) is 14.5. The molecule has 1 fully saturated rings. The van der Waals surface area contributed by atoms with Gasteiger partial charge in [-0.15, -0.1) is 0 Å². The van der Waals surface area contributed by atoms with E-state index < -0.39 is 17.7 Å². The van der Waals surface area contributed by atoms with Crippen LogP contribution < -0.4 is 9.47 Å². The molecule has 0 aliphatic heterocycles. The maximum absolute atomic E-state index is 14.8. The number of carboxylic acids is 1. The molecule has 2 aromatic heterocycles. The van der Waals surface area contributed by atoms with E-state index in [-0.39, 0.29) is 24.3 Å². The summed E-state index contributed by atoms with van der Waals surface area (Å²) in [6.45, 7) is 3.86. The minimum Gasteiger partial charge on any atom is -0.494 e. The van der Waals surface area contributed by atoms with Gasteiger partial charge in [0, 0.05) is 11.1 Å². The van der Waals surface area contributed by atoms with Crippen LogP contribution in [0.2, 0.25) is 5.02 Å². The molecule has 39 heavy (non-hydrogen) atoms. The predicted octanol–water partition coefficient (Wildman–Crippen LogP) is 5.63. The van der Waals surface area contributed by atoms with Crippen LogP contribution in [0.5, 0.6) is 11.6 Å². The lowest BCUT2D eigenvalue weighted by atomic mass is 10.1. The van der Waals surface area contributed by atoms with Crippen molar-refractivity contribution in [2.75, 3.05) is 6.61 Å². The molecule has 2 heterocycles. The molecule has 4 aromatic rings. The van der Waals surface area contributed by atoms with Gasteiger partial charge in [-0.3, -0.25) is 4.79 Å². The van der Waals surface area contributed by atoms with Crippen LogP contribution in [-0.4, -0.2) is 42.8 Å². The number of nitrogens with zero attached hydrogens (tertiary/aromatic N) is 5. The van der Waals surface area contributed by atoms with Gasteiger partial charge in [0.15, 0.2) is 11.2 Å². The van der Waals surface area contributed by atoms with Crippen molar-refractivity contribution in [3.05, 3.63) is 64.7 Å². The molecular formula is C28H25ClFN5O4. The number of aliphatic carboxylic acids is 1. The highest BCUT2D eigenvalue weighted by Gasteiger charge is 2.41. The average molecular weight is 550 g/mol. The summed E-state index contributed by atoms with van der Waals surface area (Å²) in [6, 6.07) is 11.3. The second-order valence-electron chi connectivity index (χ2n) is 9.86. The number of ether oxygens (including phenoxy) is 2. The number of rotatable bonds is 10. The lowest BCUT2D eigenvalue weighted by Crippen LogP contribution is -2.13. The van der Waals surface area contributed by atoms with Gasteiger partial charge < -0.3 is 19.1 Å². The second-order valence-corrected chi connectivity index (χ2v) is 10.3. The van der Waals surface area contributed by atoms with E-state index in [1.807, 2.05) is 13.0 Å². The van der Waals surface area contributed by atoms with E-state index in [0.29, 0.717) is 51.2 Å². The highest BCUT2D eigenvalue weighted by molar-refractivity contribution is 6.33. The molecule has 1 unspecified atom stereocenters. The van der Waals surface area contributed by atoms with Gasteiger partial charge in [-0.25, -0.2) is 14.4 Å². The molecular weight excluding hydrogens is 525 g/mol. The van der Waals surface area contributed by atoms with Gasteiger partial charge in [0.1, 0.15) is 29.3 Å². The molecule has 0 spiro atoms. The van der Waals surface area contributed by atoms with Crippen LogP contribution in [0.3, 0.4) is 0 Å². The van der Waals surface area contributed by atoms with E-state index >= 15 is 0 Å². The number of benzene rings is 2. The first-order valence-electron chi connectivity index (χ1n) is 12.4. The van der Waals surface area contributed by atoms with Crippen LogP contribution >= 0.6 is 11.6 Å². The van der Waals surface area contributed by atoms with Crippen LogP contribution in [0, 0.1) is 23.1 Å². The Morgan fingerprint density at radius 1 is 1.28 bits per heavy atom. The zero-order valence-electron chi connectivity index (χ0n) is 21.3. The molecule has 0 saturated heterocycles. The van der Waals surface area contributed by atoms with E-state index in [0.717, 1.165) is 12.8 Å². The fourth-order valence-electron chi connectivity index (χ4n) is 4.04. The quantitative estimate of drug-likeness (QED) is 0.270. The SMILES string of the molecule is CC(CCOc1ccc(-c2nc3c(OC4(C)CC4)ncnc3n2Cc2cc(C#N)ccc2F)c(Cl)c1)C(=O)O. The molecule has 1 N–H and O–H groups in total. The molecule has 1 aliphatic rings.